The number of nitrogens with one attached hydrogen (secondary N) is 6. The van der Waals surface area contributed by atoms with Crippen LogP contribution in [-0.4, -0.2) is 122 Å². The van der Waals surface area contributed by atoms with Crippen molar-refractivity contribution in [3.05, 3.63) is 77.9 Å². The largest absolute Gasteiger partial charge is 0.480 e. The van der Waals surface area contributed by atoms with E-state index in [2.05, 4.69) is 31.9 Å². The van der Waals surface area contributed by atoms with Gasteiger partial charge in [0.1, 0.15) is 42.2 Å². The number of anilines is 1. The molecule has 0 unspecified atom stereocenters. The van der Waals surface area contributed by atoms with E-state index in [1.165, 1.54) is 28.8 Å². The molecule has 67 heavy (non-hydrogen) atoms. The van der Waals surface area contributed by atoms with Crippen molar-refractivity contribution in [2.75, 3.05) is 18.4 Å². The lowest BCUT2D eigenvalue weighted by Crippen LogP contribution is -2.71. The van der Waals surface area contributed by atoms with Crippen LogP contribution in [0.1, 0.15) is 83.4 Å². The number of urea groups is 1. The van der Waals surface area contributed by atoms with Crippen LogP contribution >= 0.6 is 11.8 Å². The van der Waals surface area contributed by atoms with Crippen LogP contribution in [0.3, 0.4) is 0 Å². The lowest BCUT2D eigenvalue weighted by atomic mass is 9.95. The highest BCUT2D eigenvalue weighted by molar-refractivity contribution is 8.01. The Morgan fingerprint density at radius 3 is 2.13 bits per heavy atom. The van der Waals surface area contributed by atoms with Gasteiger partial charge in [-0.05, 0) is 68.7 Å². The monoisotopic (exact) mass is 947 g/mol. The minimum Gasteiger partial charge on any atom is -0.480 e. The number of alkyl carbamates (subject to hydrolysis) is 1. The normalized spacial score (nSPS) is 19.4. The summed E-state index contributed by atoms with van der Waals surface area (Å²) < 4.78 is 4.63. The fraction of sp³-hybridized carbons (Fsp3) is 0.467. The number of benzene rings is 2. The summed E-state index contributed by atoms with van der Waals surface area (Å²) in [7, 11) is 0. The van der Waals surface area contributed by atoms with E-state index in [0.29, 0.717) is 36.1 Å². The lowest BCUT2D eigenvalue weighted by molar-refractivity contribution is -0.161. The van der Waals surface area contributed by atoms with Crippen molar-refractivity contribution in [1.82, 2.24) is 36.4 Å². The number of β-lactam (4-membered cyclic amide) rings is 1. The van der Waals surface area contributed by atoms with E-state index in [-0.39, 0.29) is 62.6 Å². The molecule has 5 rings (SSSR count). The number of aliphatic carboxylic acids is 1. The quantitative estimate of drug-likeness (QED) is 0.0448. The van der Waals surface area contributed by atoms with Gasteiger partial charge in [-0.2, -0.15) is 0 Å². The van der Waals surface area contributed by atoms with Crippen molar-refractivity contribution >= 4 is 76.9 Å². The number of carboxylic acid groups (broad SMARTS) is 1. The van der Waals surface area contributed by atoms with Crippen molar-refractivity contribution in [3.8, 4) is 0 Å². The molecule has 3 aliphatic rings. The molecule has 6 atom stereocenters. The topological polar surface area (TPSA) is 305 Å². The molecule has 0 bridgehead atoms. The molecule has 3 heterocycles. The molecular formula is C45H57N9O12S. The van der Waals surface area contributed by atoms with E-state index in [9.17, 15) is 53.1 Å². The van der Waals surface area contributed by atoms with E-state index in [4.69, 9.17) is 10.5 Å². The van der Waals surface area contributed by atoms with Gasteiger partial charge in [0.15, 0.2) is 0 Å². The molecule has 0 saturated carbocycles. The predicted octanol–water partition coefficient (Wildman–Crippen LogP) is 1.78. The van der Waals surface area contributed by atoms with Crippen LogP contribution in [0.2, 0.25) is 0 Å². The summed E-state index contributed by atoms with van der Waals surface area (Å²) in [6.07, 6.45) is 3.45. The first-order valence-corrected chi connectivity index (χ1v) is 22.7. The maximum absolute atomic E-state index is 13.6. The minimum atomic E-state index is -1.27. The molecule has 22 heteroatoms. The van der Waals surface area contributed by atoms with E-state index < -0.39 is 82.1 Å². The van der Waals surface area contributed by atoms with Gasteiger partial charge < -0.3 is 52.4 Å². The molecular weight excluding hydrogens is 891 g/mol. The zero-order valence-electron chi connectivity index (χ0n) is 37.6. The number of nitrogens with zero attached hydrogens (tertiary/aromatic N) is 2. The van der Waals surface area contributed by atoms with Crippen LogP contribution in [0, 0.1) is 5.92 Å². The lowest BCUT2D eigenvalue weighted by Gasteiger charge is -2.44. The Morgan fingerprint density at radius 2 is 1.51 bits per heavy atom. The first kappa shape index (κ1) is 51.0. The summed E-state index contributed by atoms with van der Waals surface area (Å²) in [6.45, 7) is 7.05. The average molecular weight is 948 g/mol. The Balaban J connectivity index is 1.13. The fourth-order valence-corrected chi connectivity index (χ4v) is 9.39. The predicted molar refractivity (Wildman–Crippen MR) is 243 cm³/mol. The Hall–Kier alpha value is -6.97. The van der Waals surface area contributed by atoms with E-state index in [1.54, 1.807) is 82.3 Å². The van der Waals surface area contributed by atoms with Crippen LogP contribution in [0.5, 0.6) is 0 Å². The third kappa shape index (κ3) is 13.6. The second kappa shape index (κ2) is 23.0. The highest BCUT2D eigenvalue weighted by Crippen LogP contribution is 2.50. The van der Waals surface area contributed by atoms with Crippen LogP contribution in [0.4, 0.5) is 15.3 Å². The molecule has 0 aliphatic carbocycles. The summed E-state index contributed by atoms with van der Waals surface area (Å²) in [5, 5.41) is 25.0. The van der Waals surface area contributed by atoms with Gasteiger partial charge in [0.25, 0.3) is 11.8 Å². The van der Waals surface area contributed by atoms with Crippen molar-refractivity contribution in [1.29, 1.82) is 0 Å². The van der Waals surface area contributed by atoms with Gasteiger partial charge >= 0.3 is 18.1 Å². The fourth-order valence-electron chi connectivity index (χ4n) is 7.76. The third-order valence-corrected chi connectivity index (χ3v) is 12.8. The molecule has 2 fully saturated rings. The van der Waals surface area contributed by atoms with Gasteiger partial charge in [-0.1, -0.05) is 62.7 Å². The number of primary amides is 1. The van der Waals surface area contributed by atoms with Crippen molar-refractivity contribution in [2.24, 2.45) is 11.7 Å². The number of thioether (sulfide) groups is 1. The number of unbranched alkanes of at least 4 members (excludes halogenated alkanes) is 2. The Morgan fingerprint density at radius 1 is 0.836 bits per heavy atom. The van der Waals surface area contributed by atoms with Gasteiger partial charge in [-0.15, -0.1) is 11.8 Å². The number of amides is 10. The molecule has 3 aliphatic heterocycles. The van der Waals surface area contributed by atoms with Crippen molar-refractivity contribution in [3.63, 3.8) is 0 Å². The number of ether oxygens (including phenoxy) is 1. The number of carboxylic acids is 1. The van der Waals surface area contributed by atoms with Gasteiger partial charge in [-0.3, -0.25) is 38.5 Å². The Bertz CT molecular complexity index is 2220. The molecule has 0 radical (unpaired) electrons. The molecule has 360 valence electrons. The zero-order chi connectivity index (χ0) is 49.0. The minimum absolute atomic E-state index is 0.0928. The molecule has 2 aromatic carbocycles. The Kier molecular flexibility index (Phi) is 17.5. The highest BCUT2D eigenvalue weighted by Gasteiger charge is 2.64. The number of nitrogens with two attached hydrogens (primary N) is 1. The molecule has 10 amide bonds. The first-order valence-electron chi connectivity index (χ1n) is 21.8. The Labute approximate surface area is 391 Å². The summed E-state index contributed by atoms with van der Waals surface area (Å²) in [5.41, 5.74) is 6.43. The molecule has 2 saturated heterocycles. The molecule has 21 nitrogen and oxygen atoms in total. The number of carbonyl (C=O) groups excluding carboxylic acids is 9. The van der Waals surface area contributed by atoms with Gasteiger partial charge in [0, 0.05) is 42.1 Å². The van der Waals surface area contributed by atoms with Crippen molar-refractivity contribution in [2.45, 2.75) is 113 Å². The van der Waals surface area contributed by atoms with Gasteiger partial charge in [0.2, 0.25) is 29.5 Å². The number of carbonyl (C=O) groups is 10. The maximum atomic E-state index is 13.6. The number of rotatable bonds is 23. The van der Waals surface area contributed by atoms with Gasteiger partial charge in [-0.25, -0.2) is 14.4 Å². The smallest absolute Gasteiger partial charge is 0.408 e. The van der Waals surface area contributed by atoms with Crippen LogP contribution < -0.4 is 37.6 Å². The summed E-state index contributed by atoms with van der Waals surface area (Å²) in [4.78, 5) is 129. The molecule has 0 aromatic heterocycles. The summed E-state index contributed by atoms with van der Waals surface area (Å²) >= 11 is 1.27. The molecule has 2 aromatic rings. The summed E-state index contributed by atoms with van der Waals surface area (Å²) in [5.74, 6) is -5.06. The van der Waals surface area contributed by atoms with Crippen LogP contribution in [0.15, 0.2) is 66.7 Å². The SMILES string of the molecule is CC(C)[C@H](NC(=O)CCCCCN1C(=O)C=CC1=O)C(=O)N[C@@H](CCCNC(N)=O)C(=O)Nc1ccc(COC(=O)N[C@@H](C(=O)N[C@@H]2C(=O)N3[C@@H]2SC(C)(C)[C@@H]3C(=O)O)c2ccccc2)cc1. The molecule has 9 N–H and O–H groups in total. The number of fused-ring (bicyclic) bond motifs is 1. The average Bonchev–Trinajstić information content (AvgIpc) is 3.74. The van der Waals surface area contributed by atoms with E-state index in [1.807, 2.05) is 0 Å². The third-order valence-electron chi connectivity index (χ3n) is 11.3. The van der Waals surface area contributed by atoms with E-state index >= 15 is 0 Å². The number of imide groups is 1. The van der Waals surface area contributed by atoms with E-state index in [0.717, 1.165) is 4.90 Å². The van der Waals surface area contributed by atoms with Crippen LogP contribution in [-0.2, 0) is 49.7 Å². The zero-order valence-corrected chi connectivity index (χ0v) is 38.4. The van der Waals surface area contributed by atoms with Crippen LogP contribution in [0.25, 0.3) is 0 Å². The first-order chi connectivity index (χ1) is 31.8. The van der Waals surface area contributed by atoms with Gasteiger partial charge in [0.05, 0.1) is 0 Å². The number of hydrogen-bond donors (Lipinski definition) is 8. The van der Waals surface area contributed by atoms with Crippen molar-refractivity contribution < 1.29 is 57.8 Å². The second-order valence-electron chi connectivity index (χ2n) is 17.1. The molecule has 0 spiro atoms. The maximum Gasteiger partial charge on any atom is 0.408 e. The number of hydrogen-bond acceptors (Lipinski definition) is 12. The second-order valence-corrected chi connectivity index (χ2v) is 18.9. The summed E-state index contributed by atoms with van der Waals surface area (Å²) in [6, 6.07) is 8.40. The highest BCUT2D eigenvalue weighted by atomic mass is 32.2. The standard InChI is InChI=1S/C45H57N9O12S/c1-25(2)33(50-30(55)15-9-6-10-23-53-31(56)20-21-32(53)57)38(59)49-29(14-11-22-47-43(46)64)37(58)48-28-18-16-26(17-19-28)24-66-44(65)52-34(27-12-7-5-8-13-27)39(60)51-35-40(61)54-36(42(62)63)45(3,4)67-41(35)54/h5,7-8,12-13,16-21,25,29,33-36,41H,6,9-11,14-15,22-24H2,1-4H3,(H,48,58)(H,49,59)(H,50,55)(H,51,60)(H,52,65)(H,62,63)(H3,46,47,64)/t29-,33-,34+,35+,36-,41+/m0/s1.